The Kier molecular flexibility index (Phi) is 7.45. The van der Waals surface area contributed by atoms with E-state index in [1.54, 1.807) is 19.1 Å². The maximum Gasteiger partial charge on any atom is 0.340 e. The van der Waals surface area contributed by atoms with Crippen molar-refractivity contribution in [1.82, 2.24) is 10.6 Å². The topological polar surface area (TPSA) is 138 Å². The number of benzene rings is 2. The predicted octanol–water partition coefficient (Wildman–Crippen LogP) is 0.362. The molecule has 0 aliphatic rings. The number of carboxylic acid groups (broad SMARTS) is 1. The van der Waals surface area contributed by atoms with Crippen LogP contribution in [0.5, 0.6) is 5.75 Å². The Labute approximate surface area is 189 Å². The Balaban J connectivity index is 1.70. The highest BCUT2D eigenvalue weighted by Crippen LogP contribution is 2.30. The Morgan fingerprint density at radius 3 is 2.33 bits per heavy atom. The molecule has 2 amide bonds. The number of carbonyl (C=O) groups is 3. The molecule has 0 radical (unpaired) electrons. The molecule has 0 atom stereocenters. The average Bonchev–Trinajstić information content (AvgIpc) is 2.79. The van der Waals surface area contributed by atoms with Crippen LogP contribution in [0.3, 0.4) is 0 Å². The van der Waals surface area contributed by atoms with Crippen molar-refractivity contribution in [2.45, 2.75) is 20.3 Å². The number of hydrogen-bond donors (Lipinski definition) is 2. The minimum absolute atomic E-state index is 0.359. The van der Waals surface area contributed by atoms with Crippen LogP contribution in [0.25, 0.3) is 11.0 Å². The van der Waals surface area contributed by atoms with Crippen LogP contribution in [0, 0.1) is 13.8 Å². The van der Waals surface area contributed by atoms with Gasteiger partial charge < -0.3 is 29.7 Å². The van der Waals surface area contributed by atoms with Gasteiger partial charge in [0, 0.05) is 22.9 Å². The largest absolute Gasteiger partial charge is 0.548 e. The standard InChI is InChI=1S/C24H24N2O7/c1-14-17-8-9-19(32-13-21(28)25-11-20(27)26-12-22(29)30)15(2)23(17)33-24(31)18(14)10-16-6-4-3-5-7-16/h3-9H,10-13H2,1-2H3,(H,25,28)(H,26,27)(H,29,30)/p-1. The summed E-state index contributed by atoms with van der Waals surface area (Å²) in [6.07, 6.45) is 0.457. The van der Waals surface area contributed by atoms with E-state index in [2.05, 4.69) is 10.6 Å². The van der Waals surface area contributed by atoms with Gasteiger partial charge in [-0.1, -0.05) is 30.3 Å². The zero-order chi connectivity index (χ0) is 24.0. The molecule has 9 heteroatoms. The van der Waals surface area contributed by atoms with Gasteiger partial charge in [-0.25, -0.2) is 4.79 Å². The summed E-state index contributed by atoms with van der Waals surface area (Å²) in [5, 5.41) is 15.5. The third-order valence-corrected chi connectivity index (χ3v) is 5.11. The van der Waals surface area contributed by atoms with Gasteiger partial charge in [0.2, 0.25) is 5.91 Å². The molecular weight excluding hydrogens is 428 g/mol. The van der Waals surface area contributed by atoms with Crippen LogP contribution in [-0.4, -0.2) is 37.5 Å². The second-order valence-electron chi connectivity index (χ2n) is 7.43. The van der Waals surface area contributed by atoms with Crippen molar-refractivity contribution in [3.8, 4) is 5.75 Å². The summed E-state index contributed by atoms with van der Waals surface area (Å²) < 4.78 is 11.1. The van der Waals surface area contributed by atoms with E-state index in [0.717, 1.165) is 16.5 Å². The molecule has 0 aliphatic carbocycles. The van der Waals surface area contributed by atoms with Gasteiger partial charge in [-0.2, -0.15) is 0 Å². The first-order valence-electron chi connectivity index (χ1n) is 10.2. The highest BCUT2D eigenvalue weighted by molar-refractivity contribution is 5.88. The Bertz CT molecular complexity index is 1250. The van der Waals surface area contributed by atoms with Crippen molar-refractivity contribution in [3.63, 3.8) is 0 Å². The van der Waals surface area contributed by atoms with E-state index in [4.69, 9.17) is 9.15 Å². The van der Waals surface area contributed by atoms with E-state index in [-0.39, 0.29) is 6.61 Å². The molecule has 0 aliphatic heterocycles. The number of carbonyl (C=O) groups excluding carboxylic acids is 3. The molecule has 9 nitrogen and oxygen atoms in total. The number of aliphatic carboxylic acids is 1. The predicted molar refractivity (Wildman–Crippen MR) is 118 cm³/mol. The SMILES string of the molecule is Cc1c(Cc2ccccc2)c(=O)oc2c(C)c(OCC(=O)NCC(=O)NCC(=O)[O-])ccc12. The zero-order valence-corrected chi connectivity index (χ0v) is 18.2. The lowest BCUT2D eigenvalue weighted by atomic mass is 9.98. The number of aryl methyl sites for hydroxylation is 2. The first kappa shape index (κ1) is 23.5. The molecule has 0 saturated carbocycles. The lowest BCUT2D eigenvalue weighted by Crippen LogP contribution is -2.43. The van der Waals surface area contributed by atoms with Crippen molar-refractivity contribution in [2.75, 3.05) is 19.7 Å². The minimum Gasteiger partial charge on any atom is -0.548 e. The van der Waals surface area contributed by atoms with E-state index in [0.29, 0.717) is 28.9 Å². The molecule has 1 heterocycles. The summed E-state index contributed by atoms with van der Waals surface area (Å²) in [7, 11) is 0. The van der Waals surface area contributed by atoms with E-state index in [9.17, 15) is 24.3 Å². The van der Waals surface area contributed by atoms with E-state index < -0.39 is 36.5 Å². The number of rotatable bonds is 9. The Morgan fingerprint density at radius 2 is 1.64 bits per heavy atom. The lowest BCUT2D eigenvalue weighted by molar-refractivity contribution is -0.304. The van der Waals surface area contributed by atoms with Gasteiger partial charge in [-0.05, 0) is 37.1 Å². The third-order valence-electron chi connectivity index (χ3n) is 5.11. The lowest BCUT2D eigenvalue weighted by Gasteiger charge is -2.13. The van der Waals surface area contributed by atoms with Crippen molar-refractivity contribution in [3.05, 3.63) is 75.1 Å². The van der Waals surface area contributed by atoms with Gasteiger partial charge in [0.1, 0.15) is 11.3 Å². The van der Waals surface area contributed by atoms with Crippen LogP contribution < -0.4 is 26.1 Å². The van der Waals surface area contributed by atoms with Gasteiger partial charge in [0.05, 0.1) is 19.1 Å². The van der Waals surface area contributed by atoms with Gasteiger partial charge >= 0.3 is 5.63 Å². The van der Waals surface area contributed by atoms with Crippen LogP contribution in [0.1, 0.15) is 22.3 Å². The first-order chi connectivity index (χ1) is 15.8. The second-order valence-corrected chi connectivity index (χ2v) is 7.43. The van der Waals surface area contributed by atoms with Gasteiger partial charge in [-0.15, -0.1) is 0 Å². The molecule has 3 rings (SSSR count). The van der Waals surface area contributed by atoms with Crippen LogP contribution in [-0.2, 0) is 20.8 Å². The van der Waals surface area contributed by atoms with Crippen molar-refractivity contribution in [2.24, 2.45) is 0 Å². The smallest absolute Gasteiger partial charge is 0.340 e. The van der Waals surface area contributed by atoms with Crippen molar-refractivity contribution in [1.29, 1.82) is 0 Å². The number of hydrogen-bond acceptors (Lipinski definition) is 7. The van der Waals surface area contributed by atoms with E-state index in [1.165, 1.54) is 0 Å². The monoisotopic (exact) mass is 451 g/mol. The molecule has 2 N–H and O–H groups in total. The highest BCUT2D eigenvalue weighted by atomic mass is 16.5. The molecule has 1 aromatic heterocycles. The minimum atomic E-state index is -1.43. The number of nitrogens with one attached hydrogen (secondary N) is 2. The summed E-state index contributed by atoms with van der Waals surface area (Å²) in [6.45, 7) is 2.18. The molecule has 0 saturated heterocycles. The van der Waals surface area contributed by atoms with Gasteiger partial charge in [-0.3, -0.25) is 9.59 Å². The second kappa shape index (κ2) is 10.4. The average molecular weight is 451 g/mol. The maximum absolute atomic E-state index is 12.7. The molecule has 0 fully saturated rings. The molecule has 0 spiro atoms. The summed E-state index contributed by atoms with van der Waals surface area (Å²) in [6, 6.07) is 13.1. The fraction of sp³-hybridized carbons (Fsp3) is 0.250. The van der Waals surface area contributed by atoms with Gasteiger partial charge in [0.15, 0.2) is 6.61 Å². The summed E-state index contributed by atoms with van der Waals surface area (Å²) in [5.41, 5.74) is 2.93. The van der Waals surface area contributed by atoms with Crippen LogP contribution in [0.15, 0.2) is 51.7 Å². The zero-order valence-electron chi connectivity index (χ0n) is 18.2. The van der Waals surface area contributed by atoms with Crippen LogP contribution in [0.4, 0.5) is 0 Å². The number of ether oxygens (including phenoxy) is 1. The summed E-state index contributed by atoms with van der Waals surface area (Å²) >= 11 is 0. The van der Waals surface area contributed by atoms with Crippen molar-refractivity contribution < 1.29 is 28.6 Å². The molecule has 3 aromatic rings. The number of carboxylic acids is 1. The van der Waals surface area contributed by atoms with Gasteiger partial charge in [0.25, 0.3) is 5.91 Å². The van der Waals surface area contributed by atoms with Crippen LogP contribution in [0.2, 0.25) is 0 Å². The summed E-state index contributed by atoms with van der Waals surface area (Å²) in [5.74, 6) is -2.32. The molecule has 0 bridgehead atoms. The maximum atomic E-state index is 12.7. The molecule has 2 aromatic carbocycles. The highest BCUT2D eigenvalue weighted by Gasteiger charge is 2.16. The number of fused-ring (bicyclic) bond motifs is 1. The molecule has 0 unspecified atom stereocenters. The van der Waals surface area contributed by atoms with E-state index >= 15 is 0 Å². The van der Waals surface area contributed by atoms with Crippen molar-refractivity contribution >= 4 is 28.8 Å². The first-order valence-corrected chi connectivity index (χ1v) is 10.2. The van der Waals surface area contributed by atoms with E-state index in [1.807, 2.05) is 37.3 Å². The Hall–Kier alpha value is -4.14. The fourth-order valence-electron chi connectivity index (χ4n) is 3.34. The number of amides is 2. The van der Waals surface area contributed by atoms with Crippen LogP contribution >= 0.6 is 0 Å². The third kappa shape index (κ3) is 5.97. The summed E-state index contributed by atoms with van der Waals surface area (Å²) in [4.78, 5) is 46.4. The quantitative estimate of drug-likeness (QED) is 0.448. The Morgan fingerprint density at radius 1 is 0.939 bits per heavy atom. The molecule has 172 valence electrons. The molecular formula is C24H23N2O7-. The fourth-order valence-corrected chi connectivity index (χ4v) is 3.34. The molecule has 33 heavy (non-hydrogen) atoms. The normalized spacial score (nSPS) is 10.6.